The summed E-state index contributed by atoms with van der Waals surface area (Å²) in [4.78, 5) is 42.1. The average Bonchev–Trinajstić information content (AvgIpc) is 3.45. The molecule has 1 amide bonds. The summed E-state index contributed by atoms with van der Waals surface area (Å²) in [5.74, 6) is -2.55. The molecule has 1 aliphatic carbocycles. The van der Waals surface area contributed by atoms with Gasteiger partial charge in [0.1, 0.15) is 5.69 Å². The van der Waals surface area contributed by atoms with Gasteiger partial charge in [0.2, 0.25) is 11.9 Å². The summed E-state index contributed by atoms with van der Waals surface area (Å²) in [6, 6.07) is 1.35. The van der Waals surface area contributed by atoms with Crippen molar-refractivity contribution in [1.82, 2.24) is 20.2 Å². The molecule has 0 bridgehead atoms. The van der Waals surface area contributed by atoms with Crippen LogP contribution in [0.15, 0.2) is 12.3 Å². The molecule has 0 radical (unpaired) electrons. The molecule has 0 spiro atoms. The van der Waals surface area contributed by atoms with E-state index in [9.17, 15) is 44.3 Å². The van der Waals surface area contributed by atoms with E-state index in [1.54, 1.807) is 12.0 Å². The van der Waals surface area contributed by atoms with Crippen molar-refractivity contribution < 1.29 is 73.6 Å². The van der Waals surface area contributed by atoms with Crippen LogP contribution in [0.1, 0.15) is 44.7 Å². The van der Waals surface area contributed by atoms with E-state index < -0.39 is 36.1 Å². The number of aliphatic carboxylic acids is 1. The third-order valence-electron chi connectivity index (χ3n) is 7.82. The Balaban J connectivity index is 0.000000696. The number of halogens is 9. The Kier molecular flexibility index (Phi) is 17.3. The first kappa shape index (κ1) is 42.6. The van der Waals surface area contributed by atoms with E-state index in [2.05, 4.69) is 22.2 Å². The number of carbonyl (C=O) groups excluding carboxylic acids is 1. The molecular formula is C27H38F9N5O7. The predicted molar refractivity (Wildman–Crippen MR) is 149 cm³/mol. The lowest BCUT2D eigenvalue weighted by atomic mass is 9.81. The Morgan fingerprint density at radius 2 is 1.71 bits per heavy atom. The summed E-state index contributed by atoms with van der Waals surface area (Å²) in [6.07, 6.45) is -4.23. The zero-order chi connectivity index (χ0) is 36.7. The second-order valence-electron chi connectivity index (χ2n) is 10.7. The Morgan fingerprint density at radius 3 is 2.19 bits per heavy atom. The number of methoxy groups -OCH3 is 1. The van der Waals surface area contributed by atoms with Crippen LogP contribution >= 0.6 is 0 Å². The highest BCUT2D eigenvalue weighted by Gasteiger charge is 2.47. The fourth-order valence-electron chi connectivity index (χ4n) is 5.48. The molecule has 276 valence electrons. The number of carbonyl (C=O) groups is 3. The van der Waals surface area contributed by atoms with E-state index in [4.69, 9.17) is 29.3 Å². The number of carboxylic acids is 1. The fraction of sp³-hybridized carbons (Fsp3) is 0.741. The number of ether oxygens (including phenoxy) is 2. The Hall–Kier alpha value is -3.46. The van der Waals surface area contributed by atoms with Crippen molar-refractivity contribution in [2.24, 2.45) is 5.41 Å². The van der Waals surface area contributed by atoms with E-state index in [0.717, 1.165) is 44.4 Å². The monoisotopic (exact) mass is 715 g/mol. The van der Waals surface area contributed by atoms with Gasteiger partial charge in [0.25, 0.3) is 6.47 Å². The van der Waals surface area contributed by atoms with Crippen LogP contribution in [0.5, 0.6) is 0 Å². The van der Waals surface area contributed by atoms with Gasteiger partial charge in [0.05, 0.1) is 18.1 Å². The number of hydrogen-bond acceptors (Lipinski definition) is 9. The van der Waals surface area contributed by atoms with Crippen LogP contribution in [-0.4, -0.2) is 121 Å². The van der Waals surface area contributed by atoms with Gasteiger partial charge in [0, 0.05) is 58.2 Å². The normalized spacial score (nSPS) is 24.3. The number of anilines is 1. The number of rotatable bonds is 6. The zero-order valence-corrected chi connectivity index (χ0v) is 25.9. The molecule has 12 nitrogen and oxygen atoms in total. The van der Waals surface area contributed by atoms with Crippen molar-refractivity contribution in [3.05, 3.63) is 18.0 Å². The van der Waals surface area contributed by atoms with E-state index >= 15 is 0 Å². The molecule has 3 heterocycles. The molecule has 1 aromatic rings. The van der Waals surface area contributed by atoms with Crippen LogP contribution in [0, 0.1) is 5.41 Å². The van der Waals surface area contributed by atoms with Crippen molar-refractivity contribution >= 4 is 24.3 Å². The molecule has 3 fully saturated rings. The van der Waals surface area contributed by atoms with Gasteiger partial charge in [-0.2, -0.15) is 39.5 Å². The van der Waals surface area contributed by atoms with Crippen LogP contribution in [-0.2, 0) is 30.0 Å². The van der Waals surface area contributed by atoms with Gasteiger partial charge in [-0.3, -0.25) is 9.59 Å². The number of alkyl halides is 9. The highest BCUT2D eigenvalue weighted by atomic mass is 19.4. The first-order valence-corrected chi connectivity index (χ1v) is 14.5. The van der Waals surface area contributed by atoms with Crippen LogP contribution in [0.2, 0.25) is 0 Å². The molecule has 48 heavy (non-hydrogen) atoms. The predicted octanol–water partition coefficient (Wildman–Crippen LogP) is 4.00. The van der Waals surface area contributed by atoms with Crippen molar-refractivity contribution in [2.75, 3.05) is 51.4 Å². The standard InChI is InChI=1S/C23H34F3N5O3.C2HF3O2.CHF3.CH2O2/c1-3-22(7-4-16(14-22)28-17-6-13-34-15-18(17)33-2)20(32)30-9-11-31(12-10-30)21-27-8-5-19(29-21)23(24,25)26;3-2(4,5)1(6)7;2-1(3)4;2-1-3/h5,8,16-18,28H,3-4,6-7,9-15H2,1-2H3;(H,6,7);1H;1H,(H,2,3)/t16-,17-,18?,22+;;;/m1.../s1. The second-order valence-corrected chi connectivity index (χ2v) is 10.7. The molecule has 2 saturated heterocycles. The lowest BCUT2D eigenvalue weighted by Gasteiger charge is -2.40. The summed E-state index contributed by atoms with van der Waals surface area (Å²) in [5.41, 5.74) is -1.36. The van der Waals surface area contributed by atoms with E-state index in [1.165, 1.54) is 0 Å². The number of hydrogen-bond donors (Lipinski definition) is 3. The Bertz CT molecular complexity index is 1140. The van der Waals surface area contributed by atoms with Crippen molar-refractivity contribution in [2.45, 2.75) is 76.2 Å². The van der Waals surface area contributed by atoms with Crippen LogP contribution < -0.4 is 10.2 Å². The third-order valence-corrected chi connectivity index (χ3v) is 7.82. The Morgan fingerprint density at radius 1 is 1.15 bits per heavy atom. The molecule has 3 aliphatic rings. The first-order valence-electron chi connectivity index (χ1n) is 14.5. The first-order chi connectivity index (χ1) is 22.3. The van der Waals surface area contributed by atoms with Crippen LogP contribution in [0.4, 0.5) is 45.5 Å². The number of nitrogens with zero attached hydrogens (tertiary/aromatic N) is 4. The molecule has 3 N–H and O–H groups in total. The van der Waals surface area contributed by atoms with Crippen molar-refractivity contribution in [1.29, 1.82) is 0 Å². The van der Waals surface area contributed by atoms with E-state index in [0.29, 0.717) is 39.4 Å². The lowest BCUT2D eigenvalue weighted by Crippen LogP contribution is -2.54. The van der Waals surface area contributed by atoms with Gasteiger partial charge in [-0.05, 0) is 38.2 Å². The minimum absolute atomic E-state index is 0.0206. The van der Waals surface area contributed by atoms with Gasteiger partial charge in [-0.25, -0.2) is 14.8 Å². The minimum Gasteiger partial charge on any atom is -0.483 e. The highest BCUT2D eigenvalue weighted by Crippen LogP contribution is 2.43. The fourth-order valence-corrected chi connectivity index (χ4v) is 5.48. The maximum atomic E-state index is 13.6. The molecule has 4 atom stereocenters. The molecule has 4 rings (SSSR count). The summed E-state index contributed by atoms with van der Waals surface area (Å²) < 4.78 is 111. The van der Waals surface area contributed by atoms with E-state index in [-0.39, 0.29) is 36.5 Å². The van der Waals surface area contributed by atoms with Crippen LogP contribution in [0.3, 0.4) is 0 Å². The molecule has 1 saturated carbocycles. The van der Waals surface area contributed by atoms with Gasteiger partial charge >= 0.3 is 25.0 Å². The molecule has 1 unspecified atom stereocenters. The minimum atomic E-state index is -5.08. The third kappa shape index (κ3) is 13.6. The van der Waals surface area contributed by atoms with Crippen molar-refractivity contribution in [3.8, 4) is 0 Å². The average molecular weight is 716 g/mol. The number of amides is 1. The number of carboxylic acid groups (broad SMARTS) is 2. The van der Waals surface area contributed by atoms with Gasteiger partial charge in [0.15, 0.2) is 0 Å². The van der Waals surface area contributed by atoms with Gasteiger partial charge in [-0.1, -0.05) is 6.92 Å². The van der Waals surface area contributed by atoms with Crippen LogP contribution in [0.25, 0.3) is 0 Å². The summed E-state index contributed by atoms with van der Waals surface area (Å²) in [6.45, 7) is 1.16. The zero-order valence-electron chi connectivity index (χ0n) is 25.9. The summed E-state index contributed by atoms with van der Waals surface area (Å²) in [7, 11) is 1.70. The molecule has 1 aromatic heterocycles. The lowest BCUT2D eigenvalue weighted by molar-refractivity contribution is -0.192. The SMILES string of the molecule is CC[C@]1(C(=O)N2CCN(c3nccc(C(F)(F)F)n3)CC2)CC[C@@H](N[C@@H]2CCOCC2OC)C1.FC(F)F.O=C(O)C(F)(F)F.O=CO. The maximum absolute atomic E-state index is 13.6. The summed E-state index contributed by atoms with van der Waals surface area (Å²) in [5, 5.41) is 17.7. The van der Waals surface area contributed by atoms with Gasteiger partial charge in [-0.15, -0.1) is 0 Å². The summed E-state index contributed by atoms with van der Waals surface area (Å²) >= 11 is 0. The topological polar surface area (TPSA) is 154 Å². The quantitative estimate of drug-likeness (QED) is 0.289. The largest absolute Gasteiger partial charge is 0.490 e. The van der Waals surface area contributed by atoms with Gasteiger partial charge < -0.3 is 34.8 Å². The number of piperazine rings is 1. The maximum Gasteiger partial charge on any atom is 0.490 e. The van der Waals surface area contributed by atoms with E-state index in [1.807, 2.05) is 4.90 Å². The molecule has 21 heteroatoms. The van der Waals surface area contributed by atoms with Crippen molar-refractivity contribution in [3.63, 3.8) is 0 Å². The smallest absolute Gasteiger partial charge is 0.483 e. The number of aromatic nitrogens is 2. The molecular weight excluding hydrogens is 677 g/mol. The second kappa shape index (κ2) is 19.5. The Labute approximate surface area is 269 Å². The number of nitrogens with one attached hydrogen (secondary N) is 1. The molecule has 0 aromatic carbocycles. The molecule has 2 aliphatic heterocycles. The highest BCUT2D eigenvalue weighted by molar-refractivity contribution is 5.83.